The van der Waals surface area contributed by atoms with Crippen LogP contribution in [0.4, 0.5) is 0 Å². The number of benzene rings is 4. The summed E-state index contributed by atoms with van der Waals surface area (Å²) >= 11 is 0. The fourth-order valence-corrected chi connectivity index (χ4v) is 4.00. The zero-order valence-electron chi connectivity index (χ0n) is 15.1. The summed E-state index contributed by atoms with van der Waals surface area (Å²) < 4.78 is 29.6. The van der Waals surface area contributed by atoms with Crippen LogP contribution in [0.5, 0.6) is 0 Å². The van der Waals surface area contributed by atoms with Crippen molar-refractivity contribution in [1.29, 1.82) is 0 Å². The molecule has 1 amide bonds. The summed E-state index contributed by atoms with van der Waals surface area (Å²) in [4.78, 5) is 12.7. The van der Waals surface area contributed by atoms with Crippen molar-refractivity contribution in [3.63, 3.8) is 0 Å². The molecule has 0 aliphatic carbocycles. The highest BCUT2D eigenvalue weighted by Gasteiger charge is 2.22. The van der Waals surface area contributed by atoms with Crippen molar-refractivity contribution in [3.05, 3.63) is 90.5 Å². The van der Waals surface area contributed by atoms with E-state index in [-0.39, 0.29) is 4.90 Å². The zero-order chi connectivity index (χ0) is 19.7. The molecule has 0 bridgehead atoms. The van der Waals surface area contributed by atoms with E-state index in [0.29, 0.717) is 5.56 Å². The lowest BCUT2D eigenvalue weighted by atomic mass is 10.0. The highest BCUT2D eigenvalue weighted by Crippen LogP contribution is 2.24. The summed E-state index contributed by atoms with van der Waals surface area (Å²) in [6.07, 6.45) is 0. The molecule has 4 aromatic carbocycles. The molecule has 140 valence electrons. The Kier molecular flexibility index (Phi) is 4.58. The number of hydroxylamine groups is 2. The average molecular weight is 391 g/mol. The second-order valence-electron chi connectivity index (χ2n) is 6.41. The Morgan fingerprint density at radius 2 is 1.32 bits per heavy atom. The molecule has 4 rings (SSSR count). The van der Waals surface area contributed by atoms with Crippen molar-refractivity contribution in [2.24, 2.45) is 0 Å². The third-order valence-electron chi connectivity index (χ3n) is 4.48. The van der Waals surface area contributed by atoms with E-state index in [1.165, 1.54) is 19.2 Å². The third-order valence-corrected chi connectivity index (χ3v) is 5.75. The number of fused-ring (bicyclic) bond motifs is 2. The maximum atomic E-state index is 12.7. The second kappa shape index (κ2) is 7.07. The molecule has 0 spiro atoms. The van der Waals surface area contributed by atoms with Gasteiger partial charge < -0.3 is 0 Å². The number of hydrogen-bond acceptors (Lipinski definition) is 4. The van der Waals surface area contributed by atoms with Crippen LogP contribution in [-0.2, 0) is 14.4 Å². The molecule has 0 fully saturated rings. The van der Waals surface area contributed by atoms with Crippen LogP contribution in [0, 0.1) is 0 Å². The van der Waals surface area contributed by atoms with E-state index in [2.05, 4.69) is 6.07 Å². The maximum Gasteiger partial charge on any atom is 0.317 e. The molecule has 0 heterocycles. The lowest BCUT2D eigenvalue weighted by Crippen LogP contribution is -2.30. The van der Waals surface area contributed by atoms with E-state index < -0.39 is 16.0 Å². The van der Waals surface area contributed by atoms with Gasteiger partial charge in [0.25, 0.3) is 5.91 Å². The number of rotatable bonds is 4. The Labute approximate surface area is 162 Å². The van der Waals surface area contributed by atoms with Gasteiger partial charge in [-0.3, -0.25) is 4.79 Å². The quantitative estimate of drug-likeness (QED) is 0.382. The summed E-state index contributed by atoms with van der Waals surface area (Å²) in [6, 6.07) is 25.0. The predicted octanol–water partition coefficient (Wildman–Crippen LogP) is 4.39. The number of carbonyl (C=O) groups is 1. The largest absolute Gasteiger partial charge is 0.317 e. The van der Waals surface area contributed by atoms with Crippen molar-refractivity contribution in [1.82, 2.24) is 5.06 Å². The van der Waals surface area contributed by atoms with Gasteiger partial charge in [-0.05, 0) is 57.9 Å². The van der Waals surface area contributed by atoms with E-state index in [4.69, 9.17) is 4.28 Å². The highest BCUT2D eigenvalue weighted by molar-refractivity contribution is 7.86. The smallest absolute Gasteiger partial charge is 0.267 e. The first-order valence-electron chi connectivity index (χ1n) is 8.64. The van der Waals surface area contributed by atoms with Crippen LogP contribution < -0.4 is 0 Å². The van der Waals surface area contributed by atoms with E-state index in [1.54, 1.807) is 30.3 Å². The van der Waals surface area contributed by atoms with Crippen LogP contribution in [-0.4, -0.2) is 26.4 Å². The van der Waals surface area contributed by atoms with Crippen LogP contribution in [0.1, 0.15) is 10.4 Å². The number of carbonyl (C=O) groups excluding carboxylic acids is 1. The first-order chi connectivity index (χ1) is 13.4. The van der Waals surface area contributed by atoms with Gasteiger partial charge in [-0.25, -0.2) is 5.06 Å². The number of hydrogen-bond donors (Lipinski definition) is 0. The maximum absolute atomic E-state index is 12.7. The van der Waals surface area contributed by atoms with Gasteiger partial charge in [0.2, 0.25) is 0 Å². The molecule has 0 unspecified atom stereocenters. The normalized spacial score (nSPS) is 11.6. The molecule has 5 nitrogen and oxygen atoms in total. The molecular formula is C22H17NO4S. The Balaban J connectivity index is 1.63. The summed E-state index contributed by atoms with van der Waals surface area (Å²) in [5.41, 5.74) is 0.341. The topological polar surface area (TPSA) is 63.7 Å². The van der Waals surface area contributed by atoms with Gasteiger partial charge in [-0.1, -0.05) is 48.5 Å². The monoisotopic (exact) mass is 391 g/mol. The van der Waals surface area contributed by atoms with Gasteiger partial charge in [0, 0.05) is 12.6 Å². The minimum absolute atomic E-state index is 0.0142. The van der Waals surface area contributed by atoms with Gasteiger partial charge >= 0.3 is 10.1 Å². The van der Waals surface area contributed by atoms with Crippen LogP contribution in [0.3, 0.4) is 0 Å². The fourth-order valence-electron chi connectivity index (χ4n) is 3.07. The Bertz CT molecular complexity index is 1280. The van der Waals surface area contributed by atoms with Crippen LogP contribution in [0.2, 0.25) is 0 Å². The summed E-state index contributed by atoms with van der Waals surface area (Å²) in [7, 11) is -2.79. The molecule has 0 saturated carbocycles. The van der Waals surface area contributed by atoms with Crippen molar-refractivity contribution < 1.29 is 17.5 Å². The Hall–Kier alpha value is -3.22. The first-order valence-corrected chi connectivity index (χ1v) is 10.1. The lowest BCUT2D eigenvalue weighted by Gasteiger charge is -2.16. The molecule has 0 saturated heterocycles. The summed E-state index contributed by atoms with van der Waals surface area (Å²) in [5, 5.41) is 4.81. The van der Waals surface area contributed by atoms with Crippen molar-refractivity contribution in [2.75, 3.05) is 7.05 Å². The van der Waals surface area contributed by atoms with Gasteiger partial charge in [0.1, 0.15) is 0 Å². The lowest BCUT2D eigenvalue weighted by molar-refractivity contribution is -0.00878. The van der Waals surface area contributed by atoms with E-state index in [0.717, 1.165) is 26.6 Å². The summed E-state index contributed by atoms with van der Waals surface area (Å²) in [5.74, 6) is -0.547. The molecule has 28 heavy (non-hydrogen) atoms. The number of nitrogens with zero attached hydrogens (tertiary/aromatic N) is 1. The van der Waals surface area contributed by atoms with E-state index >= 15 is 0 Å². The molecule has 4 aromatic rings. The van der Waals surface area contributed by atoms with Gasteiger partial charge in [-0.2, -0.15) is 8.42 Å². The molecule has 0 aromatic heterocycles. The highest BCUT2D eigenvalue weighted by atomic mass is 32.2. The molecular weight excluding hydrogens is 374 g/mol. The summed E-state index contributed by atoms with van der Waals surface area (Å²) in [6.45, 7) is 0. The molecule has 0 radical (unpaired) electrons. The minimum Gasteiger partial charge on any atom is -0.267 e. The average Bonchev–Trinajstić information content (AvgIpc) is 2.71. The van der Waals surface area contributed by atoms with Gasteiger partial charge in [0.05, 0.1) is 4.90 Å². The van der Waals surface area contributed by atoms with E-state index in [1.807, 2.05) is 36.4 Å². The third kappa shape index (κ3) is 3.47. The molecule has 0 aliphatic heterocycles. The van der Waals surface area contributed by atoms with Crippen LogP contribution >= 0.6 is 0 Å². The molecule has 0 atom stereocenters. The van der Waals surface area contributed by atoms with Crippen molar-refractivity contribution in [3.8, 4) is 0 Å². The van der Waals surface area contributed by atoms with Crippen molar-refractivity contribution in [2.45, 2.75) is 4.90 Å². The SMILES string of the molecule is CN(OS(=O)(=O)c1ccccc1)C(=O)c1ccc2cc3ccccc3cc2c1. The molecule has 6 heteroatoms. The van der Waals surface area contributed by atoms with Gasteiger partial charge in [0.15, 0.2) is 0 Å². The molecule has 0 aliphatic rings. The zero-order valence-corrected chi connectivity index (χ0v) is 15.9. The van der Waals surface area contributed by atoms with E-state index in [9.17, 15) is 13.2 Å². The second-order valence-corrected chi connectivity index (χ2v) is 7.93. The number of amides is 1. The van der Waals surface area contributed by atoms with Crippen molar-refractivity contribution >= 4 is 37.6 Å². The van der Waals surface area contributed by atoms with Crippen LogP contribution in [0.25, 0.3) is 21.5 Å². The molecule has 0 N–H and O–H groups in total. The minimum atomic E-state index is -4.08. The fraction of sp³-hybridized carbons (Fsp3) is 0.0455. The standard InChI is InChI=1S/C22H17NO4S/c1-23(27-28(25,26)21-9-3-2-4-10-21)22(24)19-12-11-18-13-16-7-5-6-8-17(16)14-20(18)15-19/h2-15H,1H3. The van der Waals surface area contributed by atoms with Crippen LogP contribution in [0.15, 0.2) is 89.8 Å². The predicted molar refractivity (Wildman–Crippen MR) is 108 cm³/mol. The Morgan fingerprint density at radius 1 is 0.750 bits per heavy atom. The first kappa shape index (κ1) is 18.2. The Morgan fingerprint density at radius 3 is 2.00 bits per heavy atom. The van der Waals surface area contributed by atoms with Gasteiger partial charge in [-0.15, -0.1) is 4.28 Å².